The zero-order valence-corrected chi connectivity index (χ0v) is 14.2. The van der Waals surface area contributed by atoms with E-state index in [1.165, 1.54) is 11.3 Å². The van der Waals surface area contributed by atoms with Crippen LogP contribution in [0.15, 0.2) is 16.7 Å². The van der Waals surface area contributed by atoms with E-state index >= 15 is 0 Å². The van der Waals surface area contributed by atoms with Gasteiger partial charge in [-0.1, -0.05) is 6.92 Å². The molecule has 1 unspecified atom stereocenters. The standard InChI is InChI=1S/C16H22N2O3S/c1-5-6-14-17-8-13(22-14)15(19)18-9-16(4,20)12-7-10(2)21-11(12)3/h7-8,20H,5-6,9H2,1-4H3,(H,18,19). The van der Waals surface area contributed by atoms with E-state index in [-0.39, 0.29) is 12.5 Å². The molecule has 0 saturated heterocycles. The largest absolute Gasteiger partial charge is 0.466 e. The predicted octanol–water partition coefficient (Wildman–Crippen LogP) is 2.94. The van der Waals surface area contributed by atoms with Crippen molar-refractivity contribution < 1.29 is 14.3 Å². The van der Waals surface area contributed by atoms with Gasteiger partial charge in [0.1, 0.15) is 22.0 Å². The first-order valence-electron chi connectivity index (χ1n) is 7.36. The molecule has 6 heteroatoms. The predicted molar refractivity (Wildman–Crippen MR) is 86.2 cm³/mol. The van der Waals surface area contributed by atoms with Gasteiger partial charge in [0, 0.05) is 5.56 Å². The number of carbonyl (C=O) groups excluding carboxylic acids is 1. The first-order chi connectivity index (χ1) is 10.3. The van der Waals surface area contributed by atoms with E-state index in [4.69, 9.17) is 4.42 Å². The van der Waals surface area contributed by atoms with Crippen LogP contribution in [-0.2, 0) is 12.0 Å². The Labute approximate surface area is 134 Å². The molecule has 0 aliphatic rings. The lowest BCUT2D eigenvalue weighted by Gasteiger charge is -2.23. The average molecular weight is 322 g/mol. The Kier molecular flexibility index (Phi) is 5.03. The molecule has 1 atom stereocenters. The first-order valence-corrected chi connectivity index (χ1v) is 8.18. The molecular weight excluding hydrogens is 300 g/mol. The first kappa shape index (κ1) is 16.7. The molecule has 0 fully saturated rings. The summed E-state index contributed by atoms with van der Waals surface area (Å²) >= 11 is 1.40. The SMILES string of the molecule is CCCc1ncc(C(=O)NCC(C)(O)c2cc(C)oc2C)s1. The minimum atomic E-state index is -1.17. The summed E-state index contributed by atoms with van der Waals surface area (Å²) in [6, 6.07) is 1.80. The molecule has 2 aromatic rings. The average Bonchev–Trinajstić information content (AvgIpc) is 3.03. The van der Waals surface area contributed by atoms with Gasteiger partial charge in [0.25, 0.3) is 5.91 Å². The fraction of sp³-hybridized carbons (Fsp3) is 0.500. The van der Waals surface area contributed by atoms with Crippen molar-refractivity contribution in [1.29, 1.82) is 0 Å². The highest BCUT2D eigenvalue weighted by atomic mass is 32.1. The third-order valence-corrected chi connectivity index (χ3v) is 4.51. The molecule has 2 rings (SSSR count). The third kappa shape index (κ3) is 3.75. The summed E-state index contributed by atoms with van der Waals surface area (Å²) in [6.45, 7) is 7.50. The van der Waals surface area contributed by atoms with Crippen molar-refractivity contribution in [2.75, 3.05) is 6.54 Å². The summed E-state index contributed by atoms with van der Waals surface area (Å²) in [7, 11) is 0. The molecule has 0 aliphatic carbocycles. The molecular formula is C16H22N2O3S. The van der Waals surface area contributed by atoms with Gasteiger partial charge in [0.2, 0.25) is 0 Å². The Morgan fingerprint density at radius 3 is 2.82 bits per heavy atom. The molecule has 5 nitrogen and oxygen atoms in total. The zero-order valence-electron chi connectivity index (χ0n) is 13.4. The number of aliphatic hydroxyl groups is 1. The molecule has 2 heterocycles. The van der Waals surface area contributed by atoms with E-state index in [0.29, 0.717) is 16.2 Å². The number of furan rings is 1. The van der Waals surface area contributed by atoms with E-state index in [1.807, 2.05) is 6.92 Å². The fourth-order valence-electron chi connectivity index (χ4n) is 2.34. The second-order valence-corrected chi connectivity index (χ2v) is 6.77. The smallest absolute Gasteiger partial charge is 0.263 e. The number of aromatic nitrogens is 1. The lowest BCUT2D eigenvalue weighted by atomic mass is 9.96. The molecule has 1 amide bonds. The number of amides is 1. The highest BCUT2D eigenvalue weighted by molar-refractivity contribution is 7.13. The number of rotatable bonds is 6. The van der Waals surface area contributed by atoms with Crippen LogP contribution in [0.1, 0.15) is 52.0 Å². The van der Waals surface area contributed by atoms with Gasteiger partial charge >= 0.3 is 0 Å². The molecule has 120 valence electrons. The summed E-state index contributed by atoms with van der Waals surface area (Å²) in [5, 5.41) is 14.3. The number of hydrogen-bond donors (Lipinski definition) is 2. The Morgan fingerprint density at radius 1 is 1.50 bits per heavy atom. The molecule has 0 spiro atoms. The number of aryl methyl sites for hydroxylation is 3. The van der Waals surface area contributed by atoms with Gasteiger partial charge in [-0.15, -0.1) is 11.3 Å². The van der Waals surface area contributed by atoms with Crippen molar-refractivity contribution in [2.45, 2.75) is 46.1 Å². The highest BCUT2D eigenvalue weighted by Gasteiger charge is 2.28. The molecule has 0 aromatic carbocycles. The van der Waals surface area contributed by atoms with E-state index < -0.39 is 5.60 Å². The van der Waals surface area contributed by atoms with Crippen LogP contribution in [0.2, 0.25) is 0 Å². The molecule has 22 heavy (non-hydrogen) atoms. The molecule has 0 radical (unpaired) electrons. The summed E-state index contributed by atoms with van der Waals surface area (Å²) in [5.74, 6) is 1.20. The van der Waals surface area contributed by atoms with Crippen LogP contribution in [0.5, 0.6) is 0 Å². The van der Waals surface area contributed by atoms with E-state index in [0.717, 1.165) is 23.6 Å². The monoisotopic (exact) mass is 322 g/mol. The summed E-state index contributed by atoms with van der Waals surface area (Å²) < 4.78 is 5.44. The normalized spacial score (nSPS) is 13.9. The second-order valence-electron chi connectivity index (χ2n) is 5.65. The van der Waals surface area contributed by atoms with Crippen LogP contribution in [-0.4, -0.2) is 22.5 Å². The minimum Gasteiger partial charge on any atom is -0.466 e. The van der Waals surface area contributed by atoms with Crippen LogP contribution in [0.3, 0.4) is 0 Å². The van der Waals surface area contributed by atoms with Gasteiger partial charge in [-0.25, -0.2) is 4.98 Å². The Balaban J connectivity index is 2.01. The van der Waals surface area contributed by atoms with Gasteiger partial charge in [0.05, 0.1) is 17.7 Å². The topological polar surface area (TPSA) is 75.4 Å². The van der Waals surface area contributed by atoms with Gasteiger partial charge < -0.3 is 14.8 Å². The number of thiazole rings is 1. The minimum absolute atomic E-state index is 0.118. The van der Waals surface area contributed by atoms with Crippen LogP contribution in [0.25, 0.3) is 0 Å². The van der Waals surface area contributed by atoms with E-state index in [9.17, 15) is 9.90 Å². The van der Waals surface area contributed by atoms with Crippen LogP contribution in [0, 0.1) is 13.8 Å². The molecule has 0 saturated carbocycles. The molecule has 2 aromatic heterocycles. The van der Waals surface area contributed by atoms with Crippen molar-refractivity contribution in [1.82, 2.24) is 10.3 Å². The summed E-state index contributed by atoms with van der Waals surface area (Å²) in [5.41, 5.74) is -0.477. The van der Waals surface area contributed by atoms with Crippen molar-refractivity contribution in [3.8, 4) is 0 Å². The lowest BCUT2D eigenvalue weighted by Crippen LogP contribution is -2.38. The molecule has 0 aliphatic heterocycles. The number of carbonyl (C=O) groups is 1. The van der Waals surface area contributed by atoms with Crippen molar-refractivity contribution in [3.05, 3.63) is 39.2 Å². The van der Waals surface area contributed by atoms with Crippen molar-refractivity contribution in [2.24, 2.45) is 0 Å². The fourth-order valence-corrected chi connectivity index (χ4v) is 3.28. The van der Waals surface area contributed by atoms with Crippen LogP contribution >= 0.6 is 11.3 Å². The zero-order chi connectivity index (χ0) is 16.3. The maximum absolute atomic E-state index is 12.2. The van der Waals surface area contributed by atoms with Gasteiger partial charge in [0.15, 0.2) is 0 Å². The molecule has 0 bridgehead atoms. The molecule has 2 N–H and O–H groups in total. The van der Waals surface area contributed by atoms with Gasteiger partial charge in [-0.2, -0.15) is 0 Å². The third-order valence-electron chi connectivity index (χ3n) is 3.46. The van der Waals surface area contributed by atoms with Crippen molar-refractivity contribution in [3.63, 3.8) is 0 Å². The summed E-state index contributed by atoms with van der Waals surface area (Å²) in [4.78, 5) is 17.0. The Hall–Kier alpha value is -1.66. The van der Waals surface area contributed by atoms with Crippen LogP contribution in [0.4, 0.5) is 0 Å². The highest BCUT2D eigenvalue weighted by Crippen LogP contribution is 2.26. The van der Waals surface area contributed by atoms with E-state index in [1.54, 1.807) is 26.1 Å². The van der Waals surface area contributed by atoms with Crippen molar-refractivity contribution >= 4 is 17.2 Å². The lowest BCUT2D eigenvalue weighted by molar-refractivity contribution is 0.0515. The maximum atomic E-state index is 12.2. The number of hydrogen-bond acceptors (Lipinski definition) is 5. The maximum Gasteiger partial charge on any atom is 0.263 e. The number of nitrogens with one attached hydrogen (secondary N) is 1. The Bertz CT molecular complexity index is 658. The van der Waals surface area contributed by atoms with Crippen LogP contribution < -0.4 is 5.32 Å². The summed E-state index contributed by atoms with van der Waals surface area (Å²) in [6.07, 6.45) is 3.47. The van der Waals surface area contributed by atoms with E-state index in [2.05, 4.69) is 17.2 Å². The van der Waals surface area contributed by atoms with Gasteiger partial charge in [-0.05, 0) is 39.7 Å². The quantitative estimate of drug-likeness (QED) is 0.857. The van der Waals surface area contributed by atoms with Gasteiger partial charge in [-0.3, -0.25) is 4.79 Å². The number of nitrogens with zero attached hydrogens (tertiary/aromatic N) is 1. The Morgan fingerprint density at radius 2 is 2.23 bits per heavy atom. The second kappa shape index (κ2) is 6.62.